The van der Waals surface area contributed by atoms with Gasteiger partial charge in [-0.05, 0) is 34.9 Å². The van der Waals surface area contributed by atoms with E-state index in [1.165, 1.54) is 3.57 Å². The minimum atomic E-state index is 0.723. The Morgan fingerprint density at radius 1 is 1.50 bits per heavy atom. The van der Waals surface area contributed by atoms with Gasteiger partial charge in [-0.2, -0.15) is 5.10 Å². The summed E-state index contributed by atoms with van der Waals surface area (Å²) in [6.07, 6.45) is 5.01. The summed E-state index contributed by atoms with van der Waals surface area (Å²) in [6.45, 7) is 6.88. The van der Waals surface area contributed by atoms with Gasteiger partial charge in [-0.3, -0.25) is 4.68 Å². The van der Waals surface area contributed by atoms with Crippen LogP contribution in [-0.4, -0.2) is 23.0 Å². The van der Waals surface area contributed by atoms with Crippen LogP contribution in [0.5, 0.6) is 0 Å². The summed E-state index contributed by atoms with van der Waals surface area (Å²) >= 11 is 2.25. The molecule has 0 unspecified atom stereocenters. The predicted molar refractivity (Wildman–Crippen MR) is 65.2 cm³/mol. The second-order valence-electron chi connectivity index (χ2n) is 3.72. The number of hydrogen-bond donors (Lipinski definition) is 0. The van der Waals surface area contributed by atoms with E-state index in [0.717, 1.165) is 32.1 Å². The zero-order valence-electron chi connectivity index (χ0n) is 8.74. The van der Waals surface area contributed by atoms with Gasteiger partial charge in [0, 0.05) is 12.8 Å². The first-order valence-electron chi connectivity index (χ1n) is 4.94. The molecule has 0 saturated carbocycles. The zero-order chi connectivity index (χ0) is 10.4. The fourth-order valence-electron chi connectivity index (χ4n) is 1.04. The fraction of sp³-hybridized carbons (Fsp3) is 0.700. The van der Waals surface area contributed by atoms with E-state index in [4.69, 9.17) is 4.74 Å². The van der Waals surface area contributed by atoms with Crippen molar-refractivity contribution in [2.24, 2.45) is 5.92 Å². The van der Waals surface area contributed by atoms with Gasteiger partial charge >= 0.3 is 0 Å². The van der Waals surface area contributed by atoms with Crippen LogP contribution in [0, 0.1) is 9.49 Å². The highest BCUT2D eigenvalue weighted by atomic mass is 127. The third-order valence-corrected chi connectivity index (χ3v) is 2.46. The Labute approximate surface area is 99.0 Å². The third kappa shape index (κ3) is 4.95. The maximum Gasteiger partial charge on any atom is 0.0662 e. The molecule has 0 atom stereocenters. The maximum atomic E-state index is 5.49. The summed E-state index contributed by atoms with van der Waals surface area (Å²) in [7, 11) is 0. The van der Waals surface area contributed by atoms with Crippen molar-refractivity contribution in [2.75, 3.05) is 13.2 Å². The van der Waals surface area contributed by atoms with E-state index in [-0.39, 0.29) is 0 Å². The lowest BCUT2D eigenvalue weighted by Gasteiger charge is -2.06. The van der Waals surface area contributed by atoms with Gasteiger partial charge in [-0.1, -0.05) is 13.8 Å². The Hall–Kier alpha value is -0.100. The molecule has 0 aromatic carbocycles. The summed E-state index contributed by atoms with van der Waals surface area (Å²) in [5.74, 6) is 0.723. The summed E-state index contributed by atoms with van der Waals surface area (Å²) in [5, 5.41) is 4.18. The summed E-state index contributed by atoms with van der Waals surface area (Å²) in [5.41, 5.74) is 0. The molecule has 80 valence electrons. The second-order valence-corrected chi connectivity index (χ2v) is 4.96. The molecular formula is C10H17IN2O. The first kappa shape index (κ1) is 12.0. The maximum absolute atomic E-state index is 5.49. The highest BCUT2D eigenvalue weighted by Gasteiger charge is 1.96. The lowest BCUT2D eigenvalue weighted by molar-refractivity contribution is 0.114. The Morgan fingerprint density at radius 2 is 2.29 bits per heavy atom. The van der Waals surface area contributed by atoms with Crippen LogP contribution < -0.4 is 0 Å². The Bertz CT molecular complexity index is 260. The van der Waals surface area contributed by atoms with Gasteiger partial charge in [-0.15, -0.1) is 0 Å². The average molecular weight is 308 g/mol. The molecule has 0 aliphatic carbocycles. The van der Waals surface area contributed by atoms with Crippen molar-refractivity contribution in [3.63, 3.8) is 0 Å². The monoisotopic (exact) mass is 308 g/mol. The molecule has 0 bridgehead atoms. The van der Waals surface area contributed by atoms with Crippen LogP contribution in [0.4, 0.5) is 0 Å². The molecule has 0 aliphatic heterocycles. The molecule has 0 saturated heterocycles. The van der Waals surface area contributed by atoms with Crippen molar-refractivity contribution in [2.45, 2.75) is 26.8 Å². The number of hydrogen-bond acceptors (Lipinski definition) is 2. The minimum Gasteiger partial charge on any atom is -0.380 e. The van der Waals surface area contributed by atoms with Gasteiger partial charge in [0.2, 0.25) is 0 Å². The van der Waals surface area contributed by atoms with E-state index in [0.29, 0.717) is 0 Å². The summed E-state index contributed by atoms with van der Waals surface area (Å²) in [6, 6.07) is 0. The van der Waals surface area contributed by atoms with Crippen molar-refractivity contribution in [1.29, 1.82) is 0 Å². The largest absolute Gasteiger partial charge is 0.380 e. The molecule has 0 N–H and O–H groups in total. The highest BCUT2D eigenvalue weighted by molar-refractivity contribution is 14.1. The first-order chi connectivity index (χ1) is 6.68. The molecule has 4 heteroatoms. The predicted octanol–water partition coefficient (Wildman–Crippen LogP) is 2.55. The fourth-order valence-corrected chi connectivity index (χ4v) is 1.49. The topological polar surface area (TPSA) is 27.1 Å². The summed E-state index contributed by atoms with van der Waals surface area (Å²) in [4.78, 5) is 0. The van der Waals surface area contributed by atoms with Crippen LogP contribution in [0.25, 0.3) is 0 Å². The lowest BCUT2D eigenvalue weighted by Crippen LogP contribution is -2.08. The van der Waals surface area contributed by atoms with E-state index in [1.54, 1.807) is 0 Å². The van der Waals surface area contributed by atoms with Crippen molar-refractivity contribution >= 4 is 22.6 Å². The molecule has 1 heterocycles. The Morgan fingerprint density at radius 3 is 2.86 bits per heavy atom. The molecule has 1 aromatic rings. The van der Waals surface area contributed by atoms with Gasteiger partial charge in [0.15, 0.2) is 0 Å². The molecule has 1 rings (SSSR count). The van der Waals surface area contributed by atoms with E-state index < -0.39 is 0 Å². The van der Waals surface area contributed by atoms with Crippen LogP contribution >= 0.6 is 22.6 Å². The van der Waals surface area contributed by atoms with Crippen molar-refractivity contribution in [3.8, 4) is 0 Å². The van der Waals surface area contributed by atoms with E-state index >= 15 is 0 Å². The van der Waals surface area contributed by atoms with Gasteiger partial charge < -0.3 is 4.74 Å². The normalized spacial score (nSPS) is 11.1. The molecule has 0 fully saturated rings. The highest BCUT2D eigenvalue weighted by Crippen LogP contribution is 2.01. The Balaban J connectivity index is 2.04. The molecule has 0 aliphatic rings. The Kier molecular flexibility index (Phi) is 5.47. The van der Waals surface area contributed by atoms with Crippen molar-refractivity contribution in [3.05, 3.63) is 16.0 Å². The minimum absolute atomic E-state index is 0.723. The molecule has 0 radical (unpaired) electrons. The molecule has 0 amide bonds. The molecule has 1 aromatic heterocycles. The number of ether oxygens (including phenoxy) is 1. The average Bonchev–Trinajstić information content (AvgIpc) is 2.50. The zero-order valence-corrected chi connectivity index (χ0v) is 10.9. The van der Waals surface area contributed by atoms with Crippen LogP contribution in [0.3, 0.4) is 0 Å². The molecule has 0 spiro atoms. The molecule has 3 nitrogen and oxygen atoms in total. The smallest absolute Gasteiger partial charge is 0.0662 e. The van der Waals surface area contributed by atoms with Crippen LogP contribution in [0.1, 0.15) is 20.3 Å². The van der Waals surface area contributed by atoms with E-state index in [2.05, 4.69) is 41.5 Å². The van der Waals surface area contributed by atoms with Gasteiger partial charge in [0.25, 0.3) is 0 Å². The molecular weight excluding hydrogens is 291 g/mol. The van der Waals surface area contributed by atoms with Crippen LogP contribution in [-0.2, 0) is 11.3 Å². The number of rotatable bonds is 6. The standard InChI is InChI=1S/C10H17IN2O/c1-9(2)3-5-14-6-4-13-8-10(11)7-12-13/h7-9H,3-6H2,1-2H3. The number of nitrogens with zero attached hydrogens (tertiary/aromatic N) is 2. The van der Waals surface area contributed by atoms with Gasteiger partial charge in [-0.25, -0.2) is 0 Å². The van der Waals surface area contributed by atoms with Crippen molar-refractivity contribution < 1.29 is 4.74 Å². The van der Waals surface area contributed by atoms with Crippen LogP contribution in [0.2, 0.25) is 0 Å². The third-order valence-electron chi connectivity index (χ3n) is 1.91. The van der Waals surface area contributed by atoms with Crippen molar-refractivity contribution in [1.82, 2.24) is 9.78 Å². The van der Waals surface area contributed by atoms with Gasteiger partial charge in [0.1, 0.15) is 0 Å². The lowest BCUT2D eigenvalue weighted by atomic mass is 10.1. The second kappa shape index (κ2) is 6.40. The van der Waals surface area contributed by atoms with E-state index in [9.17, 15) is 0 Å². The number of aromatic nitrogens is 2. The quantitative estimate of drug-likeness (QED) is 0.596. The number of halogens is 1. The van der Waals surface area contributed by atoms with E-state index in [1.807, 2.05) is 17.1 Å². The summed E-state index contributed by atoms with van der Waals surface area (Å²) < 4.78 is 8.58. The molecule has 14 heavy (non-hydrogen) atoms. The first-order valence-corrected chi connectivity index (χ1v) is 6.02. The van der Waals surface area contributed by atoms with Gasteiger partial charge in [0.05, 0.1) is 22.9 Å². The SMILES string of the molecule is CC(C)CCOCCn1cc(I)cn1. The van der Waals surface area contributed by atoms with Crippen LogP contribution in [0.15, 0.2) is 12.4 Å².